The van der Waals surface area contributed by atoms with E-state index in [1.54, 1.807) is 48.5 Å². The van der Waals surface area contributed by atoms with Gasteiger partial charge in [-0.2, -0.15) is 5.26 Å². The third-order valence-electron chi connectivity index (χ3n) is 5.23. The number of hydrogen-bond acceptors (Lipinski definition) is 4. The topological polar surface area (TPSA) is 73.2 Å². The van der Waals surface area contributed by atoms with Crippen LogP contribution < -0.4 is 10.2 Å². The molecule has 1 aliphatic heterocycles. The first-order valence-corrected chi connectivity index (χ1v) is 12.1. The third-order valence-corrected chi connectivity index (χ3v) is 7.03. The van der Waals surface area contributed by atoms with E-state index in [9.17, 15) is 19.2 Å². The molecular weight excluding hydrogens is 517 g/mol. The van der Waals surface area contributed by atoms with Crippen LogP contribution in [0.15, 0.2) is 87.9 Å². The number of nitrogens with zero attached hydrogens (tertiary/aromatic N) is 2. The van der Waals surface area contributed by atoms with E-state index in [1.165, 1.54) is 28.8 Å². The van der Waals surface area contributed by atoms with Gasteiger partial charge in [-0.3, -0.25) is 14.5 Å². The summed E-state index contributed by atoms with van der Waals surface area (Å²) < 4.78 is 14.2. The molecule has 8 heteroatoms. The minimum Gasteiger partial charge on any atom is -0.321 e. The third kappa shape index (κ3) is 5.22. The lowest BCUT2D eigenvalue weighted by Crippen LogP contribution is -2.30. The van der Waals surface area contributed by atoms with Gasteiger partial charge in [-0.05, 0) is 67.4 Å². The van der Waals surface area contributed by atoms with Crippen molar-refractivity contribution in [2.75, 3.05) is 10.2 Å². The Morgan fingerprint density at radius 2 is 1.74 bits per heavy atom. The summed E-state index contributed by atoms with van der Waals surface area (Å²) in [5.74, 6) is -1.19. The van der Waals surface area contributed by atoms with E-state index in [0.29, 0.717) is 17.8 Å². The van der Waals surface area contributed by atoms with Gasteiger partial charge in [0.1, 0.15) is 22.5 Å². The van der Waals surface area contributed by atoms with Gasteiger partial charge >= 0.3 is 0 Å². The number of aryl methyl sites for hydroxylation is 1. The Hall–Kier alpha value is -3.41. The Balaban J connectivity index is 1.71. The van der Waals surface area contributed by atoms with Gasteiger partial charge in [-0.15, -0.1) is 0 Å². The molecule has 0 bridgehead atoms. The van der Waals surface area contributed by atoms with Crippen LogP contribution in [0.5, 0.6) is 0 Å². The van der Waals surface area contributed by atoms with E-state index in [2.05, 4.69) is 21.2 Å². The van der Waals surface area contributed by atoms with Crippen LogP contribution in [0.3, 0.4) is 0 Å². The summed E-state index contributed by atoms with van der Waals surface area (Å²) in [6, 6.07) is 22.2. The standard InChI is InChI=1S/C26H19BrFN3O2S/c1-16-2-10-20(11-3-16)30-24(32)22(15-29)26-31(21-12-6-18(27)7-13-21)25(33)23(34-26)14-17-4-8-19(28)9-5-17/h2-13,23H,14H2,1H3,(H,30,32)/b26-22-/t23-/m1/s1. The van der Waals surface area contributed by atoms with Gasteiger partial charge in [-0.1, -0.05) is 57.5 Å². The molecule has 1 saturated heterocycles. The minimum absolute atomic E-state index is 0.150. The van der Waals surface area contributed by atoms with E-state index >= 15 is 0 Å². The number of nitrogens with one attached hydrogen (secondary N) is 1. The van der Waals surface area contributed by atoms with Crippen LogP contribution in [-0.4, -0.2) is 17.1 Å². The summed E-state index contributed by atoms with van der Waals surface area (Å²) in [4.78, 5) is 27.9. The fourth-order valence-corrected chi connectivity index (χ4v) is 5.05. The summed E-state index contributed by atoms with van der Waals surface area (Å²) in [6.07, 6.45) is 0.332. The Labute approximate surface area is 209 Å². The van der Waals surface area contributed by atoms with Gasteiger partial charge in [0.25, 0.3) is 5.91 Å². The van der Waals surface area contributed by atoms with Gasteiger partial charge in [0.2, 0.25) is 5.91 Å². The van der Waals surface area contributed by atoms with Gasteiger partial charge in [0, 0.05) is 15.8 Å². The highest BCUT2D eigenvalue weighted by Gasteiger charge is 2.40. The lowest BCUT2D eigenvalue weighted by Gasteiger charge is -2.19. The zero-order valence-corrected chi connectivity index (χ0v) is 20.5. The van der Waals surface area contributed by atoms with E-state index in [4.69, 9.17) is 0 Å². The van der Waals surface area contributed by atoms with Crippen molar-refractivity contribution in [3.8, 4) is 6.07 Å². The molecule has 0 unspecified atom stereocenters. The first-order chi connectivity index (χ1) is 16.4. The molecule has 1 atom stereocenters. The average molecular weight is 536 g/mol. The quantitative estimate of drug-likeness (QED) is 0.323. The fraction of sp³-hybridized carbons (Fsp3) is 0.115. The van der Waals surface area contributed by atoms with E-state index < -0.39 is 11.2 Å². The van der Waals surface area contributed by atoms with E-state index in [0.717, 1.165) is 15.6 Å². The number of benzene rings is 3. The van der Waals surface area contributed by atoms with Crippen molar-refractivity contribution in [1.29, 1.82) is 5.26 Å². The summed E-state index contributed by atoms with van der Waals surface area (Å²) in [5, 5.41) is 12.4. The van der Waals surface area contributed by atoms with Gasteiger partial charge < -0.3 is 5.32 Å². The summed E-state index contributed by atoms with van der Waals surface area (Å²) >= 11 is 4.55. The van der Waals surface area contributed by atoms with E-state index in [1.807, 2.05) is 25.1 Å². The molecule has 0 aromatic heterocycles. The highest BCUT2D eigenvalue weighted by Crippen LogP contribution is 2.42. The van der Waals surface area contributed by atoms with Gasteiger partial charge in [0.15, 0.2) is 0 Å². The zero-order valence-electron chi connectivity index (χ0n) is 18.1. The molecule has 1 fully saturated rings. The van der Waals surface area contributed by atoms with Crippen LogP contribution >= 0.6 is 27.7 Å². The van der Waals surface area contributed by atoms with Crippen LogP contribution in [0.1, 0.15) is 11.1 Å². The number of halogens is 2. The minimum atomic E-state index is -0.591. The molecule has 170 valence electrons. The van der Waals surface area contributed by atoms with Crippen LogP contribution in [0.2, 0.25) is 0 Å². The molecule has 0 radical (unpaired) electrons. The molecule has 3 aromatic rings. The predicted molar refractivity (Wildman–Crippen MR) is 136 cm³/mol. The van der Waals surface area contributed by atoms with Crippen molar-refractivity contribution < 1.29 is 14.0 Å². The molecule has 0 spiro atoms. The van der Waals surface area contributed by atoms with Gasteiger partial charge in [0.05, 0.1) is 5.25 Å². The number of thioether (sulfide) groups is 1. The maximum absolute atomic E-state index is 13.5. The average Bonchev–Trinajstić information content (AvgIpc) is 3.13. The van der Waals surface area contributed by atoms with Crippen molar-refractivity contribution in [3.63, 3.8) is 0 Å². The molecule has 3 aromatic carbocycles. The number of carbonyl (C=O) groups excluding carboxylic acids is 2. The number of hydrogen-bond donors (Lipinski definition) is 1. The Bertz CT molecular complexity index is 1300. The monoisotopic (exact) mass is 535 g/mol. The zero-order chi connectivity index (χ0) is 24.2. The van der Waals surface area contributed by atoms with Crippen molar-refractivity contribution in [2.45, 2.75) is 18.6 Å². The highest BCUT2D eigenvalue weighted by molar-refractivity contribution is 9.10. The van der Waals surface area contributed by atoms with Crippen LogP contribution in [0.25, 0.3) is 0 Å². The first kappa shape index (κ1) is 23.7. The molecule has 5 nitrogen and oxygen atoms in total. The molecule has 34 heavy (non-hydrogen) atoms. The van der Waals surface area contributed by atoms with Crippen LogP contribution in [0.4, 0.5) is 15.8 Å². The van der Waals surface area contributed by atoms with Crippen molar-refractivity contribution in [3.05, 3.63) is 105 Å². The second-order valence-electron chi connectivity index (χ2n) is 7.70. The summed E-state index contributed by atoms with van der Waals surface area (Å²) in [5.41, 5.74) is 2.78. The molecule has 1 heterocycles. The largest absolute Gasteiger partial charge is 0.321 e. The summed E-state index contributed by atoms with van der Waals surface area (Å²) in [6.45, 7) is 1.94. The number of nitriles is 1. The molecule has 1 N–H and O–H groups in total. The number of carbonyl (C=O) groups is 2. The molecule has 0 saturated carbocycles. The highest BCUT2D eigenvalue weighted by atomic mass is 79.9. The smallest absolute Gasteiger partial charge is 0.269 e. The van der Waals surface area contributed by atoms with Crippen molar-refractivity contribution in [2.24, 2.45) is 0 Å². The second kappa shape index (κ2) is 10.2. The maximum Gasteiger partial charge on any atom is 0.269 e. The second-order valence-corrected chi connectivity index (χ2v) is 9.81. The van der Waals surface area contributed by atoms with Crippen LogP contribution in [-0.2, 0) is 16.0 Å². The molecule has 1 aliphatic rings. The first-order valence-electron chi connectivity index (χ1n) is 10.4. The van der Waals surface area contributed by atoms with E-state index in [-0.39, 0.29) is 22.3 Å². The van der Waals surface area contributed by atoms with Gasteiger partial charge in [-0.25, -0.2) is 4.39 Å². The number of rotatable bonds is 5. The molecule has 0 aliphatic carbocycles. The normalized spacial score (nSPS) is 16.8. The molecular formula is C26H19BrFN3O2S. The van der Waals surface area contributed by atoms with Crippen LogP contribution in [0, 0.1) is 24.1 Å². The fourth-order valence-electron chi connectivity index (χ4n) is 3.48. The lowest BCUT2D eigenvalue weighted by molar-refractivity contribution is -0.117. The summed E-state index contributed by atoms with van der Waals surface area (Å²) in [7, 11) is 0. The predicted octanol–water partition coefficient (Wildman–Crippen LogP) is 5.96. The molecule has 4 rings (SSSR count). The Kier molecular flexibility index (Phi) is 7.15. The number of amides is 2. The van der Waals surface area contributed by atoms with Crippen molar-refractivity contribution in [1.82, 2.24) is 0 Å². The van der Waals surface area contributed by atoms with Crippen molar-refractivity contribution >= 4 is 50.9 Å². The SMILES string of the molecule is Cc1ccc(NC(=O)/C(C#N)=C2\S[C@H](Cc3ccc(F)cc3)C(=O)N2c2ccc(Br)cc2)cc1. The maximum atomic E-state index is 13.5. The number of anilines is 2. The molecule has 2 amide bonds. The Morgan fingerprint density at radius 1 is 1.09 bits per heavy atom. The lowest BCUT2D eigenvalue weighted by atomic mass is 10.1. The Morgan fingerprint density at radius 3 is 2.35 bits per heavy atom.